The predicted octanol–water partition coefficient (Wildman–Crippen LogP) is 4.47. The first-order valence-corrected chi connectivity index (χ1v) is 9.73. The van der Waals surface area contributed by atoms with Gasteiger partial charge in [0.25, 0.3) is 0 Å². The molecule has 1 rings (SSSR count). The van der Waals surface area contributed by atoms with E-state index in [4.69, 9.17) is 14.2 Å². The highest BCUT2D eigenvalue weighted by molar-refractivity contribution is 14.1. The molecule has 1 saturated carbocycles. The van der Waals surface area contributed by atoms with Crippen molar-refractivity contribution in [2.75, 3.05) is 38.0 Å². The van der Waals surface area contributed by atoms with Crippen LogP contribution in [0.15, 0.2) is 0 Å². The van der Waals surface area contributed by atoms with Gasteiger partial charge in [0.1, 0.15) is 0 Å². The lowest BCUT2D eigenvalue weighted by molar-refractivity contribution is -0.0851. The first kappa shape index (κ1) is 19.7. The summed E-state index contributed by atoms with van der Waals surface area (Å²) in [6, 6.07) is 0. The van der Waals surface area contributed by atoms with Crippen LogP contribution in [0.25, 0.3) is 0 Å². The monoisotopic (exact) mass is 412 g/mol. The molecule has 0 amide bonds. The van der Waals surface area contributed by atoms with Gasteiger partial charge in [0.05, 0.1) is 18.8 Å². The minimum atomic E-state index is 0.0954. The van der Waals surface area contributed by atoms with Crippen LogP contribution in [0.4, 0.5) is 0 Å². The van der Waals surface area contributed by atoms with Crippen molar-refractivity contribution >= 4 is 22.6 Å². The summed E-state index contributed by atoms with van der Waals surface area (Å²) >= 11 is 2.48. The van der Waals surface area contributed by atoms with Crippen LogP contribution < -0.4 is 0 Å². The van der Waals surface area contributed by atoms with Gasteiger partial charge in [0.15, 0.2) is 0 Å². The third-order valence-corrected chi connectivity index (χ3v) is 6.03. The second kappa shape index (κ2) is 9.68. The largest absolute Gasteiger partial charge is 0.385 e. The maximum absolute atomic E-state index is 6.22. The molecule has 0 aromatic rings. The van der Waals surface area contributed by atoms with Gasteiger partial charge in [0, 0.05) is 24.8 Å². The summed E-state index contributed by atoms with van der Waals surface area (Å²) in [5, 5.41) is 0. The van der Waals surface area contributed by atoms with E-state index in [-0.39, 0.29) is 5.60 Å². The van der Waals surface area contributed by atoms with E-state index < -0.39 is 0 Å². The van der Waals surface area contributed by atoms with Crippen molar-refractivity contribution in [2.45, 2.75) is 58.5 Å². The molecule has 21 heavy (non-hydrogen) atoms. The van der Waals surface area contributed by atoms with E-state index in [1.54, 1.807) is 7.11 Å². The fourth-order valence-corrected chi connectivity index (χ4v) is 4.03. The fraction of sp³-hybridized carbons (Fsp3) is 1.00. The van der Waals surface area contributed by atoms with Gasteiger partial charge >= 0.3 is 0 Å². The number of ether oxygens (including phenoxy) is 3. The second-order valence-corrected chi connectivity index (χ2v) is 8.03. The Morgan fingerprint density at radius 3 is 2.24 bits per heavy atom. The van der Waals surface area contributed by atoms with Crippen molar-refractivity contribution < 1.29 is 14.2 Å². The first-order valence-electron chi connectivity index (χ1n) is 8.20. The van der Waals surface area contributed by atoms with Crippen LogP contribution in [0.1, 0.15) is 52.9 Å². The summed E-state index contributed by atoms with van der Waals surface area (Å²) in [6.45, 7) is 10.0. The number of alkyl halides is 1. The van der Waals surface area contributed by atoms with Crippen molar-refractivity contribution in [3.8, 4) is 0 Å². The van der Waals surface area contributed by atoms with Gasteiger partial charge in [-0.25, -0.2) is 0 Å². The Kier molecular flexibility index (Phi) is 9.06. The molecule has 0 bridgehead atoms. The molecule has 0 saturated heterocycles. The van der Waals surface area contributed by atoms with Crippen LogP contribution in [0.5, 0.6) is 0 Å². The molecule has 0 atom stereocenters. The molecule has 1 aliphatic rings. The average molecular weight is 412 g/mol. The Morgan fingerprint density at radius 1 is 1.05 bits per heavy atom. The molecule has 0 aliphatic heterocycles. The zero-order chi connectivity index (χ0) is 15.8. The third-order valence-electron chi connectivity index (χ3n) is 4.64. The van der Waals surface area contributed by atoms with Crippen molar-refractivity contribution in [3.63, 3.8) is 0 Å². The molecule has 0 aromatic heterocycles. The molecule has 1 fully saturated rings. The molecule has 0 N–H and O–H groups in total. The van der Waals surface area contributed by atoms with Crippen LogP contribution in [-0.2, 0) is 14.2 Å². The normalized spacial score (nSPS) is 27.0. The van der Waals surface area contributed by atoms with Crippen molar-refractivity contribution in [3.05, 3.63) is 0 Å². The van der Waals surface area contributed by atoms with Gasteiger partial charge in [-0.05, 0) is 43.4 Å². The highest BCUT2D eigenvalue weighted by atomic mass is 127. The smallest absolute Gasteiger partial charge is 0.0772 e. The van der Waals surface area contributed by atoms with Crippen LogP contribution in [0.2, 0.25) is 0 Å². The molecular formula is C17H33IO3. The van der Waals surface area contributed by atoms with Crippen LogP contribution >= 0.6 is 22.6 Å². The van der Waals surface area contributed by atoms with E-state index in [0.717, 1.165) is 36.6 Å². The fourth-order valence-electron chi connectivity index (χ4n) is 3.05. The second-order valence-electron chi connectivity index (χ2n) is 7.26. The van der Waals surface area contributed by atoms with Crippen LogP contribution in [-0.4, -0.2) is 43.6 Å². The van der Waals surface area contributed by atoms with E-state index in [1.165, 1.54) is 25.7 Å². The molecule has 0 unspecified atom stereocenters. The topological polar surface area (TPSA) is 27.7 Å². The lowest BCUT2D eigenvalue weighted by Crippen LogP contribution is -2.42. The number of hydrogen-bond donors (Lipinski definition) is 0. The van der Waals surface area contributed by atoms with E-state index in [2.05, 4.69) is 43.4 Å². The van der Waals surface area contributed by atoms with Gasteiger partial charge in [-0.1, -0.05) is 43.4 Å². The summed E-state index contributed by atoms with van der Waals surface area (Å²) in [5.41, 5.74) is 0.528. The van der Waals surface area contributed by atoms with Crippen LogP contribution in [0, 0.1) is 11.3 Å². The molecule has 4 heteroatoms. The van der Waals surface area contributed by atoms with Crippen molar-refractivity contribution in [1.29, 1.82) is 0 Å². The number of hydrogen-bond acceptors (Lipinski definition) is 3. The summed E-state index contributed by atoms with van der Waals surface area (Å²) < 4.78 is 17.9. The van der Waals surface area contributed by atoms with E-state index >= 15 is 0 Å². The molecule has 1 aliphatic carbocycles. The lowest BCUT2D eigenvalue weighted by Gasteiger charge is -2.43. The van der Waals surface area contributed by atoms with E-state index in [0.29, 0.717) is 12.0 Å². The summed E-state index contributed by atoms with van der Waals surface area (Å²) in [5.74, 6) is 0.836. The third kappa shape index (κ3) is 7.14. The van der Waals surface area contributed by atoms with Gasteiger partial charge in [-0.15, -0.1) is 0 Å². The minimum Gasteiger partial charge on any atom is -0.385 e. The minimum absolute atomic E-state index is 0.0954. The Balaban J connectivity index is 2.22. The quantitative estimate of drug-likeness (QED) is 0.318. The Bertz CT molecular complexity index is 268. The molecule has 0 spiro atoms. The average Bonchev–Trinajstić information content (AvgIpc) is 2.46. The summed E-state index contributed by atoms with van der Waals surface area (Å²) in [4.78, 5) is 0. The Hall–Kier alpha value is 0.610. The molecule has 0 radical (unpaired) electrons. The molecule has 126 valence electrons. The summed E-state index contributed by atoms with van der Waals surface area (Å²) in [7, 11) is 1.72. The number of rotatable bonds is 9. The zero-order valence-electron chi connectivity index (χ0n) is 14.3. The Labute approximate surface area is 144 Å². The SMILES string of the molecule is COCCCOCCOC1(CI)CCC(C(C)(C)C)CC1. The van der Waals surface area contributed by atoms with E-state index in [9.17, 15) is 0 Å². The summed E-state index contributed by atoms with van der Waals surface area (Å²) in [6.07, 6.45) is 5.94. The Morgan fingerprint density at radius 2 is 1.71 bits per heavy atom. The number of methoxy groups -OCH3 is 1. The molecular weight excluding hydrogens is 379 g/mol. The van der Waals surface area contributed by atoms with Gasteiger partial charge in [-0.3, -0.25) is 0 Å². The van der Waals surface area contributed by atoms with Crippen molar-refractivity contribution in [2.24, 2.45) is 11.3 Å². The molecule has 3 nitrogen and oxygen atoms in total. The van der Waals surface area contributed by atoms with Gasteiger partial charge in [-0.2, -0.15) is 0 Å². The molecule has 0 heterocycles. The van der Waals surface area contributed by atoms with Gasteiger partial charge < -0.3 is 14.2 Å². The lowest BCUT2D eigenvalue weighted by atomic mass is 9.69. The van der Waals surface area contributed by atoms with Crippen LogP contribution in [0.3, 0.4) is 0 Å². The highest BCUT2D eigenvalue weighted by Gasteiger charge is 2.38. The first-order chi connectivity index (χ1) is 9.93. The van der Waals surface area contributed by atoms with Crippen molar-refractivity contribution in [1.82, 2.24) is 0 Å². The number of halogens is 1. The van der Waals surface area contributed by atoms with E-state index in [1.807, 2.05) is 0 Å². The standard InChI is InChI=1S/C17H33IO3/c1-16(2,3)15-6-8-17(14-18,9-7-15)21-13-12-20-11-5-10-19-4/h15H,5-14H2,1-4H3. The maximum Gasteiger partial charge on any atom is 0.0772 e. The predicted molar refractivity (Wildman–Crippen MR) is 96.3 cm³/mol. The molecule has 0 aromatic carbocycles. The van der Waals surface area contributed by atoms with Gasteiger partial charge in [0.2, 0.25) is 0 Å². The highest BCUT2D eigenvalue weighted by Crippen LogP contribution is 2.43. The zero-order valence-corrected chi connectivity index (χ0v) is 16.4. The maximum atomic E-state index is 6.22.